The van der Waals surface area contributed by atoms with Gasteiger partial charge in [-0.2, -0.15) is 0 Å². The van der Waals surface area contributed by atoms with E-state index in [1.54, 1.807) is 7.11 Å². The molecule has 0 aromatic rings. The fourth-order valence-corrected chi connectivity index (χ4v) is 1.45. The molecule has 0 aliphatic rings. The van der Waals surface area contributed by atoms with E-state index in [9.17, 15) is 4.79 Å². The molecule has 0 heterocycles. The highest BCUT2D eigenvalue weighted by Gasteiger charge is 2.22. The van der Waals surface area contributed by atoms with Gasteiger partial charge in [0.05, 0.1) is 18.6 Å². The standard InChI is InChI=1S/C11H24N2O2/c1-5-9(7-15-4)13-11(14)10(6-12)8(2)3/h8-10H,5-7,12H2,1-4H3,(H,13,14). The normalized spacial score (nSPS) is 15.1. The van der Waals surface area contributed by atoms with E-state index >= 15 is 0 Å². The molecule has 2 atom stereocenters. The number of nitrogens with two attached hydrogens (primary N) is 1. The summed E-state index contributed by atoms with van der Waals surface area (Å²) >= 11 is 0. The molecule has 0 rings (SSSR count). The average Bonchev–Trinajstić information content (AvgIpc) is 2.17. The Labute approximate surface area is 92.6 Å². The highest BCUT2D eigenvalue weighted by Crippen LogP contribution is 2.09. The van der Waals surface area contributed by atoms with Crippen LogP contribution in [0.5, 0.6) is 0 Å². The van der Waals surface area contributed by atoms with Crippen molar-refractivity contribution in [3.05, 3.63) is 0 Å². The maximum atomic E-state index is 11.8. The monoisotopic (exact) mass is 216 g/mol. The zero-order valence-electron chi connectivity index (χ0n) is 10.2. The predicted octanol–water partition coefficient (Wildman–Crippen LogP) is 0.759. The van der Waals surface area contributed by atoms with Crippen LogP contribution in [-0.2, 0) is 9.53 Å². The van der Waals surface area contributed by atoms with Gasteiger partial charge in [-0.05, 0) is 12.3 Å². The molecule has 0 aromatic carbocycles. The second-order valence-corrected chi connectivity index (χ2v) is 4.16. The number of carbonyl (C=O) groups is 1. The van der Waals surface area contributed by atoms with Gasteiger partial charge in [-0.1, -0.05) is 20.8 Å². The molecule has 4 nitrogen and oxygen atoms in total. The maximum absolute atomic E-state index is 11.8. The molecule has 0 aromatic heterocycles. The zero-order chi connectivity index (χ0) is 11.8. The van der Waals surface area contributed by atoms with Gasteiger partial charge >= 0.3 is 0 Å². The van der Waals surface area contributed by atoms with Crippen LogP contribution in [0.4, 0.5) is 0 Å². The van der Waals surface area contributed by atoms with Crippen molar-refractivity contribution < 1.29 is 9.53 Å². The average molecular weight is 216 g/mol. The first kappa shape index (κ1) is 14.4. The van der Waals surface area contributed by atoms with Crippen LogP contribution in [0.2, 0.25) is 0 Å². The van der Waals surface area contributed by atoms with E-state index in [1.807, 2.05) is 20.8 Å². The first-order chi connectivity index (χ1) is 7.06. The topological polar surface area (TPSA) is 64.3 Å². The molecular weight excluding hydrogens is 192 g/mol. The number of rotatable bonds is 7. The van der Waals surface area contributed by atoms with Gasteiger partial charge in [0.2, 0.25) is 5.91 Å². The van der Waals surface area contributed by atoms with Gasteiger partial charge < -0.3 is 15.8 Å². The van der Waals surface area contributed by atoms with Crippen LogP contribution in [0.3, 0.4) is 0 Å². The second kappa shape index (κ2) is 7.65. The fourth-order valence-electron chi connectivity index (χ4n) is 1.45. The van der Waals surface area contributed by atoms with Crippen molar-refractivity contribution in [1.29, 1.82) is 0 Å². The lowest BCUT2D eigenvalue weighted by Crippen LogP contribution is -2.44. The minimum absolute atomic E-state index is 0.0383. The molecule has 15 heavy (non-hydrogen) atoms. The van der Waals surface area contributed by atoms with Crippen LogP contribution in [0.1, 0.15) is 27.2 Å². The van der Waals surface area contributed by atoms with Crippen LogP contribution >= 0.6 is 0 Å². The maximum Gasteiger partial charge on any atom is 0.224 e. The summed E-state index contributed by atoms with van der Waals surface area (Å²) < 4.78 is 5.02. The Kier molecular flexibility index (Phi) is 7.34. The molecular formula is C11H24N2O2. The van der Waals surface area contributed by atoms with Gasteiger partial charge in [0.15, 0.2) is 0 Å². The smallest absolute Gasteiger partial charge is 0.224 e. The molecule has 0 aliphatic carbocycles. The first-order valence-corrected chi connectivity index (χ1v) is 5.56. The Bertz CT molecular complexity index is 183. The number of nitrogens with one attached hydrogen (secondary N) is 1. The van der Waals surface area contributed by atoms with E-state index in [2.05, 4.69) is 5.32 Å². The molecule has 4 heteroatoms. The van der Waals surface area contributed by atoms with Crippen LogP contribution in [0, 0.1) is 11.8 Å². The summed E-state index contributed by atoms with van der Waals surface area (Å²) in [4.78, 5) is 11.8. The number of methoxy groups -OCH3 is 1. The molecule has 2 unspecified atom stereocenters. The summed E-state index contributed by atoms with van der Waals surface area (Å²) in [6.07, 6.45) is 0.870. The van der Waals surface area contributed by atoms with Crippen molar-refractivity contribution >= 4 is 5.91 Å². The van der Waals surface area contributed by atoms with Gasteiger partial charge in [-0.3, -0.25) is 4.79 Å². The molecule has 0 saturated carbocycles. The van der Waals surface area contributed by atoms with Crippen molar-refractivity contribution in [3.8, 4) is 0 Å². The van der Waals surface area contributed by atoms with E-state index in [0.717, 1.165) is 6.42 Å². The van der Waals surface area contributed by atoms with E-state index < -0.39 is 0 Å². The van der Waals surface area contributed by atoms with E-state index in [1.165, 1.54) is 0 Å². The van der Waals surface area contributed by atoms with E-state index in [0.29, 0.717) is 13.2 Å². The predicted molar refractivity (Wildman–Crippen MR) is 61.5 cm³/mol. The molecule has 0 radical (unpaired) electrons. The highest BCUT2D eigenvalue weighted by molar-refractivity contribution is 5.79. The number of hydrogen-bond acceptors (Lipinski definition) is 3. The summed E-state index contributed by atoms with van der Waals surface area (Å²) in [6, 6.07) is 0.0929. The Balaban J connectivity index is 4.18. The number of amides is 1. The molecule has 0 bridgehead atoms. The minimum Gasteiger partial charge on any atom is -0.383 e. The van der Waals surface area contributed by atoms with Gasteiger partial charge in [0, 0.05) is 13.7 Å². The molecule has 3 N–H and O–H groups in total. The van der Waals surface area contributed by atoms with Gasteiger partial charge in [-0.15, -0.1) is 0 Å². The van der Waals surface area contributed by atoms with Crippen molar-refractivity contribution in [2.45, 2.75) is 33.2 Å². The van der Waals surface area contributed by atoms with E-state index in [-0.39, 0.29) is 23.8 Å². The molecule has 0 spiro atoms. The van der Waals surface area contributed by atoms with Crippen LogP contribution in [-0.4, -0.2) is 32.2 Å². The number of ether oxygens (including phenoxy) is 1. The lowest BCUT2D eigenvalue weighted by molar-refractivity contribution is -0.127. The lowest BCUT2D eigenvalue weighted by Gasteiger charge is -2.22. The summed E-state index contributed by atoms with van der Waals surface area (Å²) in [6.45, 7) is 6.99. The molecule has 90 valence electrons. The number of carbonyl (C=O) groups excluding carboxylic acids is 1. The van der Waals surface area contributed by atoms with Crippen molar-refractivity contribution in [3.63, 3.8) is 0 Å². The number of hydrogen-bond donors (Lipinski definition) is 2. The van der Waals surface area contributed by atoms with Crippen molar-refractivity contribution in [2.75, 3.05) is 20.3 Å². The van der Waals surface area contributed by atoms with Crippen LogP contribution < -0.4 is 11.1 Å². The summed E-state index contributed by atoms with van der Waals surface area (Å²) in [5, 5.41) is 2.96. The van der Waals surface area contributed by atoms with Gasteiger partial charge in [0.25, 0.3) is 0 Å². The van der Waals surface area contributed by atoms with Gasteiger partial charge in [0.1, 0.15) is 0 Å². The minimum atomic E-state index is -0.101. The van der Waals surface area contributed by atoms with Gasteiger partial charge in [-0.25, -0.2) is 0 Å². The Morgan fingerprint density at radius 1 is 1.47 bits per heavy atom. The van der Waals surface area contributed by atoms with E-state index in [4.69, 9.17) is 10.5 Å². The van der Waals surface area contributed by atoms with Crippen molar-refractivity contribution in [1.82, 2.24) is 5.32 Å². The van der Waals surface area contributed by atoms with Crippen molar-refractivity contribution in [2.24, 2.45) is 17.6 Å². The molecule has 0 saturated heterocycles. The SMILES string of the molecule is CCC(COC)NC(=O)C(CN)C(C)C. The quantitative estimate of drug-likeness (QED) is 0.660. The Morgan fingerprint density at radius 2 is 2.07 bits per heavy atom. The molecule has 1 amide bonds. The third kappa shape index (κ3) is 5.14. The summed E-state index contributed by atoms with van der Waals surface area (Å²) in [5.74, 6) is 0.211. The third-order valence-corrected chi connectivity index (χ3v) is 2.60. The van der Waals surface area contributed by atoms with Crippen LogP contribution in [0.25, 0.3) is 0 Å². The van der Waals surface area contributed by atoms with Crippen LogP contribution in [0.15, 0.2) is 0 Å². The third-order valence-electron chi connectivity index (χ3n) is 2.60. The Morgan fingerprint density at radius 3 is 2.40 bits per heavy atom. The fraction of sp³-hybridized carbons (Fsp3) is 0.909. The molecule has 0 aliphatic heterocycles. The Hall–Kier alpha value is -0.610. The largest absolute Gasteiger partial charge is 0.383 e. The zero-order valence-corrected chi connectivity index (χ0v) is 10.2. The molecule has 0 fully saturated rings. The highest BCUT2D eigenvalue weighted by atomic mass is 16.5. The summed E-state index contributed by atoms with van der Waals surface area (Å²) in [7, 11) is 1.64. The first-order valence-electron chi connectivity index (χ1n) is 5.56. The summed E-state index contributed by atoms with van der Waals surface area (Å²) in [5.41, 5.74) is 5.57. The second-order valence-electron chi connectivity index (χ2n) is 4.16. The lowest BCUT2D eigenvalue weighted by atomic mass is 9.95.